The first kappa shape index (κ1) is 22.8. The molecule has 1 fully saturated rings. The maximum Gasteiger partial charge on any atom is 0.418 e. The molecule has 2 amide bonds. The minimum Gasteiger partial charge on any atom is -0.339 e. The molecular formula is C22H24F3N5O3. The fourth-order valence-corrected chi connectivity index (χ4v) is 4.48. The van der Waals surface area contributed by atoms with Gasteiger partial charge in [-0.2, -0.15) is 18.2 Å². The monoisotopic (exact) mass is 463 g/mol. The third-order valence-electron chi connectivity index (χ3n) is 6.12. The van der Waals surface area contributed by atoms with Gasteiger partial charge in [0.25, 0.3) is 5.56 Å². The number of benzene rings is 1. The molecule has 2 atom stereocenters. The van der Waals surface area contributed by atoms with E-state index in [1.807, 2.05) is 11.8 Å². The highest BCUT2D eigenvalue weighted by atomic mass is 19.4. The number of carbonyl (C=O) groups is 2. The average Bonchev–Trinajstić information content (AvgIpc) is 2.77. The van der Waals surface area contributed by atoms with Gasteiger partial charge >= 0.3 is 6.18 Å². The highest BCUT2D eigenvalue weighted by molar-refractivity contribution is 6.04. The zero-order valence-electron chi connectivity index (χ0n) is 18.0. The molecule has 33 heavy (non-hydrogen) atoms. The maximum absolute atomic E-state index is 13.3. The van der Waals surface area contributed by atoms with Crippen molar-refractivity contribution >= 4 is 29.3 Å². The number of amides is 2. The molecule has 1 aromatic carbocycles. The Hall–Kier alpha value is -3.37. The molecular weight excluding hydrogens is 439 g/mol. The van der Waals surface area contributed by atoms with Crippen molar-refractivity contribution in [2.75, 3.05) is 22.1 Å². The Morgan fingerprint density at radius 1 is 1.24 bits per heavy atom. The van der Waals surface area contributed by atoms with Crippen LogP contribution in [0.25, 0.3) is 0 Å². The SMILES string of the molecule is CC[C@@H]1CCCCN1c1nc2c(c(=O)[nH]1)[C@H](C(=O)Nc1ccccc1C(F)(F)F)CC(=O)N2. The highest BCUT2D eigenvalue weighted by Gasteiger charge is 2.38. The molecule has 8 nitrogen and oxygen atoms in total. The third kappa shape index (κ3) is 4.57. The fraction of sp³-hybridized carbons (Fsp3) is 0.455. The highest BCUT2D eigenvalue weighted by Crippen LogP contribution is 2.36. The zero-order chi connectivity index (χ0) is 23.8. The Labute approximate surface area is 187 Å². The molecule has 2 aromatic rings. The summed E-state index contributed by atoms with van der Waals surface area (Å²) in [5.41, 5.74) is -2.12. The molecule has 2 aliphatic rings. The number of aromatic amines is 1. The number of carbonyl (C=O) groups excluding carboxylic acids is 2. The van der Waals surface area contributed by atoms with Crippen molar-refractivity contribution in [3.63, 3.8) is 0 Å². The van der Waals surface area contributed by atoms with E-state index in [4.69, 9.17) is 0 Å². The van der Waals surface area contributed by atoms with Crippen LogP contribution in [-0.2, 0) is 15.8 Å². The van der Waals surface area contributed by atoms with Crippen LogP contribution in [-0.4, -0.2) is 34.4 Å². The normalized spacial score (nSPS) is 20.7. The summed E-state index contributed by atoms with van der Waals surface area (Å²) < 4.78 is 39.9. The second-order valence-electron chi connectivity index (χ2n) is 8.24. The number of H-pyrrole nitrogens is 1. The van der Waals surface area contributed by atoms with Gasteiger partial charge in [-0.05, 0) is 37.8 Å². The Morgan fingerprint density at radius 2 is 2.00 bits per heavy atom. The van der Waals surface area contributed by atoms with Crippen molar-refractivity contribution in [3.05, 3.63) is 45.7 Å². The number of piperidine rings is 1. The van der Waals surface area contributed by atoms with Crippen molar-refractivity contribution in [3.8, 4) is 0 Å². The van der Waals surface area contributed by atoms with Crippen LogP contribution in [0.2, 0.25) is 0 Å². The number of hydrogen-bond acceptors (Lipinski definition) is 5. The number of fused-ring (bicyclic) bond motifs is 1. The van der Waals surface area contributed by atoms with E-state index < -0.39 is 40.7 Å². The van der Waals surface area contributed by atoms with Gasteiger partial charge in [0.15, 0.2) is 0 Å². The standard InChI is InChI=1S/C22H24F3N5O3/c1-2-12-7-5-6-10-30(12)21-28-18-17(20(33)29-21)13(11-16(31)27-18)19(32)26-15-9-4-3-8-14(15)22(23,24)25/h3-4,8-9,12-13H,2,5-7,10-11H2,1H3,(H,26,32)(H2,27,28,29,31,33)/t12-,13-/m1/s1. The van der Waals surface area contributed by atoms with Gasteiger partial charge in [-0.25, -0.2) is 0 Å². The smallest absolute Gasteiger partial charge is 0.339 e. The van der Waals surface area contributed by atoms with Gasteiger partial charge in [0.2, 0.25) is 17.8 Å². The third-order valence-corrected chi connectivity index (χ3v) is 6.12. The Morgan fingerprint density at radius 3 is 2.73 bits per heavy atom. The second-order valence-corrected chi connectivity index (χ2v) is 8.24. The van der Waals surface area contributed by atoms with E-state index in [1.165, 1.54) is 12.1 Å². The molecule has 0 bridgehead atoms. The number of halogens is 3. The molecule has 4 rings (SSSR count). The van der Waals surface area contributed by atoms with E-state index in [-0.39, 0.29) is 23.8 Å². The average molecular weight is 463 g/mol. The molecule has 2 aliphatic heterocycles. The number of para-hydroxylation sites is 1. The van der Waals surface area contributed by atoms with E-state index in [2.05, 4.69) is 20.6 Å². The lowest BCUT2D eigenvalue weighted by molar-refractivity contribution is -0.137. The lowest BCUT2D eigenvalue weighted by atomic mass is 9.92. The summed E-state index contributed by atoms with van der Waals surface area (Å²) in [4.78, 5) is 47.4. The summed E-state index contributed by atoms with van der Waals surface area (Å²) in [6, 6.07) is 4.73. The van der Waals surface area contributed by atoms with Crippen LogP contribution in [0, 0.1) is 0 Å². The van der Waals surface area contributed by atoms with Crippen LogP contribution >= 0.6 is 0 Å². The summed E-state index contributed by atoms with van der Waals surface area (Å²) in [6.07, 6.45) is -1.23. The van der Waals surface area contributed by atoms with Crippen molar-refractivity contribution in [2.24, 2.45) is 0 Å². The molecule has 1 saturated heterocycles. The van der Waals surface area contributed by atoms with E-state index in [9.17, 15) is 27.6 Å². The number of rotatable bonds is 4. The Bertz CT molecular complexity index is 1130. The van der Waals surface area contributed by atoms with Crippen LogP contribution in [0.3, 0.4) is 0 Å². The number of nitrogens with one attached hydrogen (secondary N) is 3. The van der Waals surface area contributed by atoms with Crippen LogP contribution < -0.4 is 21.1 Å². The first-order chi connectivity index (χ1) is 15.7. The minimum absolute atomic E-state index is 0.0327. The van der Waals surface area contributed by atoms with Crippen LogP contribution in [0.5, 0.6) is 0 Å². The first-order valence-electron chi connectivity index (χ1n) is 10.9. The Balaban J connectivity index is 1.67. The molecule has 0 unspecified atom stereocenters. The lowest BCUT2D eigenvalue weighted by Crippen LogP contribution is -2.43. The summed E-state index contributed by atoms with van der Waals surface area (Å²) in [6.45, 7) is 2.74. The first-order valence-corrected chi connectivity index (χ1v) is 10.9. The van der Waals surface area contributed by atoms with Gasteiger partial charge in [-0.1, -0.05) is 19.1 Å². The quantitative estimate of drug-likeness (QED) is 0.642. The number of aromatic nitrogens is 2. The lowest BCUT2D eigenvalue weighted by Gasteiger charge is -2.36. The molecule has 3 N–H and O–H groups in total. The van der Waals surface area contributed by atoms with E-state index in [0.29, 0.717) is 12.5 Å². The number of anilines is 3. The molecule has 0 radical (unpaired) electrons. The van der Waals surface area contributed by atoms with Gasteiger partial charge in [0, 0.05) is 19.0 Å². The van der Waals surface area contributed by atoms with E-state index in [1.54, 1.807) is 0 Å². The maximum atomic E-state index is 13.3. The van der Waals surface area contributed by atoms with Gasteiger partial charge < -0.3 is 15.5 Å². The molecule has 0 spiro atoms. The van der Waals surface area contributed by atoms with Crippen molar-refractivity contribution in [1.82, 2.24) is 9.97 Å². The topological polar surface area (TPSA) is 107 Å². The summed E-state index contributed by atoms with van der Waals surface area (Å²) in [5, 5.41) is 4.78. The molecule has 176 valence electrons. The second kappa shape index (κ2) is 8.87. The number of hydrogen-bond donors (Lipinski definition) is 3. The molecule has 1 aromatic heterocycles. The predicted molar refractivity (Wildman–Crippen MR) is 116 cm³/mol. The van der Waals surface area contributed by atoms with E-state index in [0.717, 1.165) is 37.8 Å². The largest absolute Gasteiger partial charge is 0.418 e. The van der Waals surface area contributed by atoms with Gasteiger partial charge in [0.05, 0.1) is 22.7 Å². The van der Waals surface area contributed by atoms with Crippen molar-refractivity contribution < 1.29 is 22.8 Å². The van der Waals surface area contributed by atoms with Gasteiger partial charge in [-0.15, -0.1) is 0 Å². The Kier molecular flexibility index (Phi) is 6.13. The molecule has 11 heteroatoms. The van der Waals surface area contributed by atoms with E-state index >= 15 is 0 Å². The molecule has 3 heterocycles. The molecule has 0 saturated carbocycles. The van der Waals surface area contributed by atoms with Crippen molar-refractivity contribution in [2.45, 2.75) is 57.2 Å². The number of nitrogens with zero attached hydrogens (tertiary/aromatic N) is 2. The summed E-state index contributed by atoms with van der Waals surface area (Å²) in [5.74, 6) is -2.42. The van der Waals surface area contributed by atoms with Crippen LogP contribution in [0.1, 0.15) is 56.1 Å². The van der Waals surface area contributed by atoms with Gasteiger partial charge in [0.1, 0.15) is 5.82 Å². The summed E-state index contributed by atoms with van der Waals surface area (Å²) in [7, 11) is 0. The predicted octanol–water partition coefficient (Wildman–Crippen LogP) is 3.62. The molecule has 0 aliphatic carbocycles. The fourth-order valence-electron chi connectivity index (χ4n) is 4.48. The minimum atomic E-state index is -4.68. The number of alkyl halides is 3. The summed E-state index contributed by atoms with van der Waals surface area (Å²) >= 11 is 0. The van der Waals surface area contributed by atoms with Crippen molar-refractivity contribution in [1.29, 1.82) is 0 Å². The zero-order valence-corrected chi connectivity index (χ0v) is 18.0. The van der Waals surface area contributed by atoms with Crippen LogP contribution in [0.15, 0.2) is 29.1 Å². The van der Waals surface area contributed by atoms with Gasteiger partial charge in [-0.3, -0.25) is 19.4 Å². The van der Waals surface area contributed by atoms with Crippen LogP contribution in [0.4, 0.5) is 30.6 Å².